The third-order valence-corrected chi connectivity index (χ3v) is 7.68. The number of halogens is 3. The second kappa shape index (κ2) is 7.75. The normalized spacial score (nSPS) is 12.2. The van der Waals surface area contributed by atoms with E-state index in [0.29, 0.717) is 12.1 Å². The van der Waals surface area contributed by atoms with Crippen molar-refractivity contribution < 1.29 is 30.4 Å². The summed E-state index contributed by atoms with van der Waals surface area (Å²) in [5.41, 5.74) is -2.17. The summed E-state index contributed by atoms with van der Waals surface area (Å²) >= 11 is 5.17. The number of carbonyl (C=O) groups is 1. The van der Waals surface area contributed by atoms with Crippen LogP contribution in [0.1, 0.15) is 37.0 Å². The fraction of sp³-hybridized carbons (Fsp3) is 0.462. The van der Waals surface area contributed by atoms with Crippen LogP contribution in [-0.4, -0.2) is 33.6 Å². The summed E-state index contributed by atoms with van der Waals surface area (Å²) in [5.74, 6) is -4.37. The van der Waals surface area contributed by atoms with Crippen LogP contribution in [-0.2, 0) is 20.0 Å². The van der Waals surface area contributed by atoms with Crippen LogP contribution in [0.25, 0.3) is 0 Å². The average molecular weight is 404 g/mol. The highest BCUT2D eigenvalue weighted by atomic mass is 35.5. The second-order valence-corrected chi connectivity index (χ2v) is 9.31. The Labute approximate surface area is 144 Å². The molecule has 0 fully saturated rings. The number of nitrogens with zero attached hydrogens (tertiary/aromatic N) is 1. The van der Waals surface area contributed by atoms with Gasteiger partial charge in [-0.15, -0.1) is 0 Å². The molecule has 0 saturated heterocycles. The number of rotatable bonds is 8. The monoisotopic (exact) mass is 403 g/mol. The van der Waals surface area contributed by atoms with Crippen molar-refractivity contribution in [2.24, 2.45) is 0 Å². The third kappa shape index (κ3) is 4.22. The Hall–Kier alpha value is -1.26. The molecule has 0 saturated carbocycles. The van der Waals surface area contributed by atoms with E-state index < -0.39 is 59.7 Å². The zero-order valence-corrected chi connectivity index (χ0v) is 15.3. The van der Waals surface area contributed by atoms with Crippen LogP contribution < -0.4 is 3.71 Å². The first-order valence-corrected chi connectivity index (χ1v) is 10.5. The lowest BCUT2D eigenvalue weighted by molar-refractivity contribution is 0.107. The number of hydrogen-bond donors (Lipinski definition) is 0. The van der Waals surface area contributed by atoms with Crippen molar-refractivity contribution in [3.63, 3.8) is 0 Å². The van der Waals surface area contributed by atoms with Crippen molar-refractivity contribution in [3.8, 4) is 0 Å². The highest BCUT2D eigenvalue weighted by molar-refractivity contribution is 8.10. The minimum atomic E-state index is -4.58. The molecule has 1 aromatic carbocycles. The van der Waals surface area contributed by atoms with Crippen LogP contribution in [0.3, 0.4) is 0 Å². The molecule has 0 amide bonds. The largest absolute Gasteiger partial charge is 0.275 e. The number of anilines is 1. The molecule has 0 spiro atoms. The molecule has 0 N–H and O–H groups in total. The second-order valence-electron chi connectivity index (χ2n) is 4.86. The van der Waals surface area contributed by atoms with E-state index in [1.165, 1.54) is 13.8 Å². The molecular formula is C13H16ClF2NO5S2. The molecule has 1 rings (SSSR count). The summed E-state index contributed by atoms with van der Waals surface area (Å²) in [5, 5.41) is -1.31. The molecule has 0 aromatic heterocycles. The van der Waals surface area contributed by atoms with E-state index in [4.69, 9.17) is 11.6 Å². The molecule has 0 aliphatic heterocycles. The lowest BCUT2D eigenvalue weighted by Gasteiger charge is -2.24. The predicted molar refractivity (Wildman–Crippen MR) is 87.2 cm³/mol. The fourth-order valence-corrected chi connectivity index (χ4v) is 6.22. The van der Waals surface area contributed by atoms with Crippen LogP contribution in [0.5, 0.6) is 0 Å². The number of carbonyl (C=O) groups excluding carboxylic acids is 1. The van der Waals surface area contributed by atoms with Crippen molar-refractivity contribution in [1.29, 1.82) is 0 Å². The van der Waals surface area contributed by atoms with E-state index in [1.54, 1.807) is 0 Å². The highest BCUT2D eigenvalue weighted by Crippen LogP contribution is 2.32. The fourth-order valence-electron chi connectivity index (χ4n) is 1.99. The Bertz CT molecular complexity index is 804. The van der Waals surface area contributed by atoms with Crippen molar-refractivity contribution in [2.45, 2.75) is 26.7 Å². The first kappa shape index (κ1) is 20.8. The van der Waals surface area contributed by atoms with Crippen LogP contribution in [0.4, 0.5) is 14.5 Å². The van der Waals surface area contributed by atoms with Gasteiger partial charge in [-0.25, -0.2) is 25.6 Å². The van der Waals surface area contributed by atoms with Gasteiger partial charge in [0, 0.05) is 0 Å². The zero-order chi connectivity index (χ0) is 18.7. The van der Waals surface area contributed by atoms with Gasteiger partial charge in [-0.05, 0) is 36.6 Å². The van der Waals surface area contributed by atoms with Gasteiger partial charge >= 0.3 is 0 Å². The van der Waals surface area contributed by atoms with Gasteiger partial charge in [-0.1, -0.05) is 13.8 Å². The van der Waals surface area contributed by atoms with Crippen molar-refractivity contribution in [2.75, 3.05) is 15.2 Å². The van der Waals surface area contributed by atoms with Gasteiger partial charge in [0.1, 0.15) is 5.69 Å². The van der Waals surface area contributed by atoms with Crippen LogP contribution >= 0.6 is 11.6 Å². The first-order chi connectivity index (χ1) is 11.0. The van der Waals surface area contributed by atoms with Gasteiger partial charge in [0.15, 0.2) is 11.6 Å². The van der Waals surface area contributed by atoms with Gasteiger partial charge < -0.3 is 0 Å². The molecule has 0 aliphatic carbocycles. The average Bonchev–Trinajstić information content (AvgIpc) is 2.41. The molecule has 0 aliphatic rings. The lowest BCUT2D eigenvalue weighted by Crippen LogP contribution is -2.41. The summed E-state index contributed by atoms with van der Waals surface area (Å²) in [7, 11) is -9.16. The summed E-state index contributed by atoms with van der Waals surface area (Å²) in [6.45, 7) is 2.93. The Kier molecular flexibility index (Phi) is 6.71. The minimum Gasteiger partial charge on any atom is -0.275 e. The topological polar surface area (TPSA) is 88.6 Å². The standard InChI is InChI=1S/C13H16ClF2NO5S2/c1-3-7-23(19,20)17(24(21,22)8-4-2)12-10(15)6-5-9(11(12)16)13(14)18/h5-6H,3-4,7-8H2,1-2H3. The molecular weight excluding hydrogens is 388 g/mol. The predicted octanol–water partition coefficient (Wildman–Crippen LogP) is 2.63. The van der Waals surface area contributed by atoms with E-state index in [-0.39, 0.29) is 16.6 Å². The number of benzene rings is 1. The molecule has 0 unspecified atom stereocenters. The Morgan fingerprint density at radius 1 is 1.04 bits per heavy atom. The summed E-state index contributed by atoms with van der Waals surface area (Å²) < 4.78 is 77.7. The van der Waals surface area contributed by atoms with E-state index in [9.17, 15) is 30.4 Å². The lowest BCUT2D eigenvalue weighted by atomic mass is 10.2. The van der Waals surface area contributed by atoms with Crippen molar-refractivity contribution >= 4 is 42.6 Å². The third-order valence-electron chi connectivity index (χ3n) is 2.89. The molecule has 0 atom stereocenters. The summed E-state index contributed by atoms with van der Waals surface area (Å²) in [4.78, 5) is 11.2. The van der Waals surface area contributed by atoms with E-state index >= 15 is 0 Å². The molecule has 11 heteroatoms. The van der Waals surface area contributed by atoms with Gasteiger partial charge in [0.25, 0.3) is 5.24 Å². The summed E-state index contributed by atoms with van der Waals surface area (Å²) in [6.07, 6.45) is 0.0513. The maximum Gasteiger partial charge on any atom is 0.255 e. The number of sulfonamides is 2. The molecule has 24 heavy (non-hydrogen) atoms. The van der Waals surface area contributed by atoms with E-state index in [2.05, 4.69) is 0 Å². The SMILES string of the molecule is CCCS(=O)(=O)N(c1c(F)ccc(C(=O)Cl)c1F)S(=O)(=O)CCC. The summed E-state index contributed by atoms with van der Waals surface area (Å²) in [6, 6.07) is 1.30. The number of hydrogen-bond acceptors (Lipinski definition) is 5. The van der Waals surface area contributed by atoms with Crippen LogP contribution in [0.15, 0.2) is 12.1 Å². The maximum atomic E-state index is 14.5. The first-order valence-electron chi connectivity index (χ1n) is 6.93. The molecule has 0 bridgehead atoms. The maximum absolute atomic E-state index is 14.5. The van der Waals surface area contributed by atoms with Gasteiger partial charge in [-0.2, -0.15) is 3.71 Å². The van der Waals surface area contributed by atoms with Gasteiger partial charge in [0.05, 0.1) is 17.1 Å². The van der Waals surface area contributed by atoms with Gasteiger partial charge in [0.2, 0.25) is 20.0 Å². The van der Waals surface area contributed by atoms with E-state index in [0.717, 1.165) is 0 Å². The Morgan fingerprint density at radius 3 is 1.88 bits per heavy atom. The van der Waals surface area contributed by atoms with Crippen molar-refractivity contribution in [3.05, 3.63) is 29.3 Å². The Balaban J connectivity index is 3.82. The van der Waals surface area contributed by atoms with Crippen molar-refractivity contribution in [1.82, 2.24) is 0 Å². The molecule has 0 radical (unpaired) electrons. The molecule has 1 aromatic rings. The quantitative estimate of drug-likeness (QED) is 0.622. The van der Waals surface area contributed by atoms with Gasteiger partial charge in [-0.3, -0.25) is 4.79 Å². The molecule has 6 nitrogen and oxygen atoms in total. The Morgan fingerprint density at radius 2 is 1.50 bits per heavy atom. The van der Waals surface area contributed by atoms with Crippen LogP contribution in [0, 0.1) is 11.6 Å². The molecule has 136 valence electrons. The zero-order valence-electron chi connectivity index (χ0n) is 12.9. The molecule has 0 heterocycles. The van der Waals surface area contributed by atoms with Crippen LogP contribution in [0.2, 0.25) is 0 Å². The van der Waals surface area contributed by atoms with E-state index in [1.807, 2.05) is 0 Å². The smallest absolute Gasteiger partial charge is 0.255 e. The highest BCUT2D eigenvalue weighted by Gasteiger charge is 2.38. The minimum absolute atomic E-state index is 0.0256.